The lowest BCUT2D eigenvalue weighted by Crippen LogP contribution is -2.57. The van der Waals surface area contributed by atoms with Gasteiger partial charge in [-0.1, -0.05) is 6.07 Å². The number of benzene rings is 1. The third-order valence-corrected chi connectivity index (χ3v) is 5.05. The molecule has 1 unspecified atom stereocenters. The number of piperazine rings is 1. The number of carbonyl (C=O) groups is 2. The second-order valence-electron chi connectivity index (χ2n) is 5.95. The van der Waals surface area contributed by atoms with Crippen molar-refractivity contribution in [1.82, 2.24) is 9.80 Å². The van der Waals surface area contributed by atoms with Crippen molar-refractivity contribution < 1.29 is 14.3 Å². The predicted molar refractivity (Wildman–Crippen MR) is 97.9 cm³/mol. The third kappa shape index (κ3) is 4.11. The Hall–Kier alpha value is -2.54. The molecule has 1 N–H and O–H groups in total. The van der Waals surface area contributed by atoms with Crippen LogP contribution in [-0.2, 0) is 11.4 Å². The summed E-state index contributed by atoms with van der Waals surface area (Å²) in [5.41, 5.74) is 0.673. The van der Waals surface area contributed by atoms with E-state index in [1.165, 1.54) is 0 Å². The Bertz CT molecular complexity index is 731. The van der Waals surface area contributed by atoms with Gasteiger partial charge in [0.05, 0.1) is 0 Å². The summed E-state index contributed by atoms with van der Waals surface area (Å²) < 4.78 is 5.71. The van der Waals surface area contributed by atoms with Crippen LogP contribution in [0.3, 0.4) is 0 Å². The molecule has 2 heterocycles. The number of nitrogens with one attached hydrogen (secondary N) is 1. The Morgan fingerprint density at radius 1 is 1.28 bits per heavy atom. The van der Waals surface area contributed by atoms with Crippen LogP contribution in [0.4, 0.5) is 10.5 Å². The van der Waals surface area contributed by atoms with Gasteiger partial charge in [0.25, 0.3) is 0 Å². The lowest BCUT2D eigenvalue weighted by Gasteiger charge is -2.37. The van der Waals surface area contributed by atoms with E-state index in [1.54, 1.807) is 47.2 Å². The first-order chi connectivity index (χ1) is 12.0. The van der Waals surface area contributed by atoms with Gasteiger partial charge in [-0.05, 0) is 42.6 Å². The molecule has 3 rings (SSSR count). The van der Waals surface area contributed by atoms with Gasteiger partial charge < -0.3 is 19.9 Å². The summed E-state index contributed by atoms with van der Waals surface area (Å²) in [5, 5.41) is 4.85. The zero-order valence-electron chi connectivity index (χ0n) is 14.3. The summed E-state index contributed by atoms with van der Waals surface area (Å²) in [7, 11) is 1.75. The molecule has 2 aromatic rings. The number of hydrogen-bond acceptors (Lipinski definition) is 4. The number of thiophene rings is 1. The van der Waals surface area contributed by atoms with Crippen LogP contribution in [-0.4, -0.2) is 47.9 Å². The first-order valence-corrected chi connectivity index (χ1v) is 9.00. The van der Waals surface area contributed by atoms with Crippen LogP contribution in [0.25, 0.3) is 0 Å². The van der Waals surface area contributed by atoms with E-state index >= 15 is 0 Å². The zero-order valence-corrected chi connectivity index (χ0v) is 15.1. The fourth-order valence-corrected chi connectivity index (χ4v) is 3.29. The molecule has 1 saturated heterocycles. The maximum absolute atomic E-state index is 12.4. The molecular weight excluding hydrogens is 338 g/mol. The minimum Gasteiger partial charge on any atom is -0.488 e. The van der Waals surface area contributed by atoms with E-state index in [4.69, 9.17) is 4.74 Å². The summed E-state index contributed by atoms with van der Waals surface area (Å²) in [5.74, 6) is 0.702. The average molecular weight is 359 g/mol. The van der Waals surface area contributed by atoms with Gasteiger partial charge in [-0.15, -0.1) is 11.3 Å². The van der Waals surface area contributed by atoms with Gasteiger partial charge >= 0.3 is 6.03 Å². The van der Waals surface area contributed by atoms with E-state index in [2.05, 4.69) is 5.32 Å². The molecule has 0 bridgehead atoms. The average Bonchev–Trinajstić information content (AvgIpc) is 3.12. The minimum atomic E-state index is -0.452. The van der Waals surface area contributed by atoms with Crippen molar-refractivity contribution in [1.29, 1.82) is 0 Å². The number of carbonyl (C=O) groups excluding carboxylic acids is 2. The van der Waals surface area contributed by atoms with Gasteiger partial charge in [0, 0.05) is 30.7 Å². The highest BCUT2D eigenvalue weighted by atomic mass is 32.1. The highest BCUT2D eigenvalue weighted by Crippen LogP contribution is 2.19. The quantitative estimate of drug-likeness (QED) is 0.913. The van der Waals surface area contributed by atoms with E-state index in [0.29, 0.717) is 25.4 Å². The van der Waals surface area contributed by atoms with E-state index in [1.807, 2.05) is 29.6 Å². The topological polar surface area (TPSA) is 61.9 Å². The third-order valence-electron chi connectivity index (χ3n) is 4.21. The van der Waals surface area contributed by atoms with E-state index in [0.717, 1.165) is 10.6 Å². The molecule has 1 aromatic carbocycles. The van der Waals surface area contributed by atoms with E-state index in [-0.39, 0.29) is 11.9 Å². The molecule has 0 aliphatic carbocycles. The van der Waals surface area contributed by atoms with Crippen molar-refractivity contribution in [2.24, 2.45) is 0 Å². The lowest BCUT2D eigenvalue weighted by molar-refractivity contribution is -0.137. The van der Waals surface area contributed by atoms with Crippen molar-refractivity contribution in [3.8, 4) is 5.75 Å². The number of rotatable bonds is 4. The van der Waals surface area contributed by atoms with Crippen LogP contribution in [0, 0.1) is 0 Å². The summed E-state index contributed by atoms with van der Waals surface area (Å²) in [4.78, 5) is 28.8. The molecule has 0 saturated carbocycles. The highest BCUT2D eigenvalue weighted by Gasteiger charge is 2.32. The van der Waals surface area contributed by atoms with Crippen molar-refractivity contribution in [2.45, 2.75) is 19.6 Å². The second-order valence-corrected chi connectivity index (χ2v) is 6.98. The molecule has 1 fully saturated rings. The predicted octanol–water partition coefficient (Wildman–Crippen LogP) is 3.02. The molecule has 6 nitrogen and oxygen atoms in total. The Kier molecular flexibility index (Phi) is 5.23. The Morgan fingerprint density at radius 2 is 2.04 bits per heavy atom. The molecule has 0 radical (unpaired) electrons. The molecule has 132 valence electrons. The van der Waals surface area contributed by atoms with Crippen molar-refractivity contribution >= 4 is 29.0 Å². The second kappa shape index (κ2) is 7.57. The summed E-state index contributed by atoms with van der Waals surface area (Å²) in [6, 6.07) is 10.5. The van der Waals surface area contributed by atoms with Gasteiger partial charge in [-0.25, -0.2) is 4.79 Å². The molecule has 1 aromatic heterocycles. The molecule has 1 aliphatic rings. The number of nitrogens with zero attached hydrogens (tertiary/aromatic N) is 2. The van der Waals surface area contributed by atoms with Gasteiger partial charge in [0.15, 0.2) is 0 Å². The molecular formula is C18H21N3O3S. The van der Waals surface area contributed by atoms with E-state index < -0.39 is 6.04 Å². The molecule has 0 spiro atoms. The fourth-order valence-electron chi connectivity index (χ4n) is 2.67. The Balaban J connectivity index is 1.55. The number of hydrogen-bond donors (Lipinski definition) is 1. The van der Waals surface area contributed by atoms with Crippen molar-refractivity contribution in [2.75, 3.05) is 25.5 Å². The van der Waals surface area contributed by atoms with Gasteiger partial charge in [0.2, 0.25) is 5.91 Å². The SMILES string of the molecule is CC1C(=O)N(C)CCN1C(=O)Nc1ccc(OCc2cccs2)cc1. The zero-order chi connectivity index (χ0) is 17.8. The number of anilines is 1. The Labute approximate surface area is 151 Å². The minimum absolute atomic E-state index is 0.0428. The number of amides is 3. The number of urea groups is 1. The standard InChI is InChI=1S/C18H21N3O3S/c1-13-17(22)20(2)9-10-21(13)18(23)19-14-5-7-15(8-6-14)24-12-16-4-3-11-25-16/h3-8,11,13H,9-10,12H2,1-2H3,(H,19,23). The monoisotopic (exact) mass is 359 g/mol. The van der Waals surface area contributed by atoms with Crippen LogP contribution in [0.2, 0.25) is 0 Å². The van der Waals surface area contributed by atoms with Crippen LogP contribution in [0.15, 0.2) is 41.8 Å². The smallest absolute Gasteiger partial charge is 0.322 e. The maximum atomic E-state index is 12.4. The maximum Gasteiger partial charge on any atom is 0.322 e. The van der Waals surface area contributed by atoms with Gasteiger partial charge in [0.1, 0.15) is 18.4 Å². The molecule has 25 heavy (non-hydrogen) atoms. The van der Waals surface area contributed by atoms with Crippen LogP contribution < -0.4 is 10.1 Å². The number of ether oxygens (including phenoxy) is 1. The summed E-state index contributed by atoms with van der Waals surface area (Å²) >= 11 is 1.65. The molecule has 1 aliphatic heterocycles. The molecule has 7 heteroatoms. The van der Waals surface area contributed by atoms with Gasteiger partial charge in [-0.2, -0.15) is 0 Å². The van der Waals surface area contributed by atoms with E-state index in [9.17, 15) is 9.59 Å². The fraction of sp³-hybridized carbons (Fsp3) is 0.333. The molecule has 1 atom stereocenters. The Morgan fingerprint density at radius 3 is 2.72 bits per heavy atom. The first kappa shape index (κ1) is 17.3. The van der Waals surface area contributed by atoms with Crippen molar-refractivity contribution in [3.05, 3.63) is 46.7 Å². The largest absolute Gasteiger partial charge is 0.488 e. The lowest BCUT2D eigenvalue weighted by atomic mass is 10.2. The van der Waals surface area contributed by atoms with Crippen LogP contribution >= 0.6 is 11.3 Å². The van der Waals surface area contributed by atoms with Crippen molar-refractivity contribution in [3.63, 3.8) is 0 Å². The highest BCUT2D eigenvalue weighted by molar-refractivity contribution is 7.09. The summed E-state index contributed by atoms with van der Waals surface area (Å²) in [6.07, 6.45) is 0. The molecule has 3 amide bonds. The van der Waals surface area contributed by atoms with Crippen LogP contribution in [0.1, 0.15) is 11.8 Å². The van der Waals surface area contributed by atoms with Gasteiger partial charge in [-0.3, -0.25) is 4.79 Å². The van der Waals surface area contributed by atoms with Crippen LogP contribution in [0.5, 0.6) is 5.75 Å². The number of likely N-dealkylation sites (N-methyl/N-ethyl adjacent to an activating group) is 1. The first-order valence-electron chi connectivity index (χ1n) is 8.12. The summed E-state index contributed by atoms with van der Waals surface area (Å²) in [6.45, 7) is 3.35. The normalized spacial score (nSPS) is 17.5.